The van der Waals surface area contributed by atoms with Crippen molar-refractivity contribution < 1.29 is 0 Å². The molecule has 0 amide bonds. The average Bonchev–Trinajstić information content (AvgIpc) is 1.91. The lowest BCUT2D eigenvalue weighted by atomic mass is 9.77. The Balaban J connectivity index is 2.00. The Morgan fingerprint density at radius 3 is 1.75 bits per heavy atom. The Bertz CT molecular complexity index is 88.6. The van der Waals surface area contributed by atoms with E-state index in [1.165, 1.54) is 25.7 Å². The van der Waals surface area contributed by atoms with Crippen LogP contribution in [-0.4, -0.2) is 5.38 Å². The molecule has 0 N–H and O–H groups in total. The van der Waals surface area contributed by atoms with Crippen LogP contribution in [0.5, 0.6) is 0 Å². The summed E-state index contributed by atoms with van der Waals surface area (Å²) in [6.45, 7) is 0. The maximum Gasteiger partial charge on any atom is 0.0341 e. The standard InChI is InChI=1S/C7H11Cl/c8-7-3-5-1-2-6(5)4-7/h5-7H,1-4H2/t5-,6+,7?. The van der Waals surface area contributed by atoms with E-state index in [0.717, 1.165) is 11.8 Å². The molecule has 0 aliphatic heterocycles. The Morgan fingerprint density at radius 2 is 1.50 bits per heavy atom. The molecule has 2 fully saturated rings. The smallest absolute Gasteiger partial charge is 0.0341 e. The molecule has 2 aliphatic carbocycles. The van der Waals surface area contributed by atoms with Crippen molar-refractivity contribution >= 4 is 11.6 Å². The fourth-order valence-corrected chi connectivity index (χ4v) is 2.47. The van der Waals surface area contributed by atoms with E-state index < -0.39 is 0 Å². The molecular formula is C7H11Cl. The minimum absolute atomic E-state index is 0.535. The molecule has 0 aromatic carbocycles. The Kier molecular flexibility index (Phi) is 1.04. The molecule has 0 saturated heterocycles. The van der Waals surface area contributed by atoms with Gasteiger partial charge in [-0.1, -0.05) is 0 Å². The highest BCUT2D eigenvalue weighted by Crippen LogP contribution is 2.48. The Hall–Kier alpha value is 0.290. The van der Waals surface area contributed by atoms with Crippen molar-refractivity contribution in [3.05, 3.63) is 0 Å². The van der Waals surface area contributed by atoms with Crippen molar-refractivity contribution in [3.8, 4) is 0 Å². The van der Waals surface area contributed by atoms with E-state index in [-0.39, 0.29) is 0 Å². The lowest BCUT2D eigenvalue weighted by Gasteiger charge is -2.29. The van der Waals surface area contributed by atoms with Gasteiger partial charge in [0, 0.05) is 5.38 Å². The predicted molar refractivity (Wildman–Crippen MR) is 35.1 cm³/mol. The minimum Gasteiger partial charge on any atom is -0.123 e. The summed E-state index contributed by atoms with van der Waals surface area (Å²) in [7, 11) is 0. The van der Waals surface area contributed by atoms with Crippen LogP contribution in [0.4, 0.5) is 0 Å². The average molecular weight is 131 g/mol. The van der Waals surface area contributed by atoms with Gasteiger partial charge in [0.1, 0.15) is 0 Å². The van der Waals surface area contributed by atoms with Crippen LogP contribution in [-0.2, 0) is 0 Å². The first-order chi connectivity index (χ1) is 3.86. The second kappa shape index (κ2) is 1.63. The van der Waals surface area contributed by atoms with Crippen molar-refractivity contribution in [2.75, 3.05) is 0 Å². The van der Waals surface area contributed by atoms with E-state index in [4.69, 9.17) is 11.6 Å². The highest BCUT2D eigenvalue weighted by molar-refractivity contribution is 6.20. The maximum absolute atomic E-state index is 5.94. The zero-order chi connectivity index (χ0) is 5.56. The first kappa shape index (κ1) is 5.10. The molecule has 2 saturated carbocycles. The van der Waals surface area contributed by atoms with Crippen molar-refractivity contribution in [1.82, 2.24) is 0 Å². The number of hydrogen-bond donors (Lipinski definition) is 0. The van der Waals surface area contributed by atoms with Gasteiger partial charge in [0.15, 0.2) is 0 Å². The third-order valence-corrected chi connectivity index (χ3v) is 3.05. The molecule has 46 valence electrons. The first-order valence-electron chi connectivity index (χ1n) is 3.50. The van der Waals surface area contributed by atoms with Gasteiger partial charge in [-0.3, -0.25) is 0 Å². The second-order valence-corrected chi connectivity index (χ2v) is 3.78. The lowest BCUT2D eigenvalue weighted by Crippen LogP contribution is -2.18. The molecule has 3 atom stereocenters. The summed E-state index contributed by atoms with van der Waals surface area (Å²) in [6.07, 6.45) is 5.56. The third-order valence-electron chi connectivity index (χ3n) is 2.69. The number of alkyl halides is 1. The van der Waals surface area contributed by atoms with E-state index >= 15 is 0 Å². The van der Waals surface area contributed by atoms with Crippen LogP contribution >= 0.6 is 11.6 Å². The molecule has 1 unspecified atom stereocenters. The predicted octanol–water partition coefficient (Wildman–Crippen LogP) is 2.41. The SMILES string of the molecule is ClC1C[C@H]2CC[C@H]2C1. The fraction of sp³-hybridized carbons (Fsp3) is 1.00. The van der Waals surface area contributed by atoms with Crippen LogP contribution in [0, 0.1) is 11.8 Å². The van der Waals surface area contributed by atoms with Gasteiger partial charge in [0.05, 0.1) is 0 Å². The molecule has 2 rings (SSSR count). The van der Waals surface area contributed by atoms with Gasteiger partial charge in [0.2, 0.25) is 0 Å². The van der Waals surface area contributed by atoms with Gasteiger partial charge in [-0.25, -0.2) is 0 Å². The summed E-state index contributed by atoms with van der Waals surface area (Å²) in [5.41, 5.74) is 0. The van der Waals surface area contributed by atoms with Gasteiger partial charge in [-0.2, -0.15) is 0 Å². The maximum atomic E-state index is 5.94. The van der Waals surface area contributed by atoms with Crippen molar-refractivity contribution in [1.29, 1.82) is 0 Å². The summed E-state index contributed by atoms with van der Waals surface area (Å²) in [4.78, 5) is 0. The number of fused-ring (bicyclic) bond motifs is 1. The van der Waals surface area contributed by atoms with Gasteiger partial charge >= 0.3 is 0 Å². The number of hydrogen-bond acceptors (Lipinski definition) is 0. The van der Waals surface area contributed by atoms with Gasteiger partial charge in [-0.05, 0) is 37.5 Å². The minimum atomic E-state index is 0.535. The third kappa shape index (κ3) is 0.589. The molecule has 0 aromatic rings. The normalized spacial score (nSPS) is 52.9. The second-order valence-electron chi connectivity index (χ2n) is 3.17. The fourth-order valence-electron chi connectivity index (χ4n) is 2.01. The van der Waals surface area contributed by atoms with Gasteiger partial charge in [0.25, 0.3) is 0 Å². The molecule has 0 nitrogen and oxygen atoms in total. The summed E-state index contributed by atoms with van der Waals surface area (Å²) < 4.78 is 0. The van der Waals surface area contributed by atoms with Gasteiger partial charge in [-0.15, -0.1) is 11.6 Å². The molecule has 0 spiro atoms. The summed E-state index contributed by atoms with van der Waals surface area (Å²) in [5, 5.41) is 0.535. The van der Waals surface area contributed by atoms with Crippen LogP contribution in [0.15, 0.2) is 0 Å². The van der Waals surface area contributed by atoms with Crippen molar-refractivity contribution in [2.24, 2.45) is 11.8 Å². The largest absolute Gasteiger partial charge is 0.123 e. The molecule has 0 bridgehead atoms. The molecule has 0 heterocycles. The zero-order valence-corrected chi connectivity index (χ0v) is 5.69. The molecule has 0 radical (unpaired) electrons. The topological polar surface area (TPSA) is 0 Å². The number of rotatable bonds is 0. The van der Waals surface area contributed by atoms with E-state index in [1.54, 1.807) is 0 Å². The molecule has 0 aromatic heterocycles. The number of halogens is 1. The highest BCUT2D eigenvalue weighted by atomic mass is 35.5. The van der Waals surface area contributed by atoms with Crippen LogP contribution in [0.2, 0.25) is 0 Å². The Morgan fingerprint density at radius 1 is 1.00 bits per heavy atom. The zero-order valence-electron chi connectivity index (χ0n) is 4.94. The lowest BCUT2D eigenvalue weighted by molar-refractivity contribution is 0.219. The Labute approximate surface area is 55.2 Å². The van der Waals surface area contributed by atoms with Crippen molar-refractivity contribution in [3.63, 3.8) is 0 Å². The monoisotopic (exact) mass is 130 g/mol. The first-order valence-corrected chi connectivity index (χ1v) is 3.94. The van der Waals surface area contributed by atoms with Crippen LogP contribution in [0.1, 0.15) is 25.7 Å². The van der Waals surface area contributed by atoms with Crippen LogP contribution in [0.3, 0.4) is 0 Å². The molecule has 1 heteroatoms. The summed E-state index contributed by atoms with van der Waals surface area (Å²) >= 11 is 5.94. The van der Waals surface area contributed by atoms with Crippen molar-refractivity contribution in [2.45, 2.75) is 31.1 Å². The van der Waals surface area contributed by atoms with E-state index in [2.05, 4.69) is 0 Å². The van der Waals surface area contributed by atoms with Crippen LogP contribution < -0.4 is 0 Å². The van der Waals surface area contributed by atoms with E-state index in [0.29, 0.717) is 5.38 Å². The summed E-state index contributed by atoms with van der Waals surface area (Å²) in [6, 6.07) is 0. The summed E-state index contributed by atoms with van der Waals surface area (Å²) in [5.74, 6) is 2.08. The molecule has 8 heavy (non-hydrogen) atoms. The molecular weight excluding hydrogens is 120 g/mol. The van der Waals surface area contributed by atoms with Crippen LogP contribution in [0.25, 0.3) is 0 Å². The quantitative estimate of drug-likeness (QED) is 0.442. The van der Waals surface area contributed by atoms with Gasteiger partial charge < -0.3 is 0 Å². The molecule has 2 aliphatic rings. The van der Waals surface area contributed by atoms with E-state index in [1.807, 2.05) is 0 Å². The highest BCUT2D eigenvalue weighted by Gasteiger charge is 2.39. The van der Waals surface area contributed by atoms with E-state index in [9.17, 15) is 0 Å².